The number of rotatable bonds is 5. The van der Waals surface area contributed by atoms with Crippen LogP contribution in [0.1, 0.15) is 0 Å². The van der Waals surface area contributed by atoms with E-state index in [1.165, 1.54) is 7.11 Å². The van der Waals surface area contributed by atoms with Gasteiger partial charge in [0.1, 0.15) is 11.5 Å². The monoisotopic (exact) mass is 558 g/mol. The second-order valence-electron chi connectivity index (χ2n) is 10.1. The fourth-order valence-corrected chi connectivity index (χ4v) is 7.48. The topological polar surface area (TPSA) is 61.8 Å². The Kier molecular flexibility index (Phi) is 6.03. The van der Waals surface area contributed by atoms with Gasteiger partial charge in [-0.25, -0.2) is 0 Å². The lowest BCUT2D eigenvalue weighted by Crippen LogP contribution is -2.41. The molecule has 5 aromatic rings. The highest BCUT2D eigenvalue weighted by molar-refractivity contribution is 7.88. The molecule has 5 aromatic carbocycles. The maximum Gasteiger partial charge on any atom is 0.534 e. The number of ether oxygens (including phenoxy) is 2. The summed E-state index contributed by atoms with van der Waals surface area (Å²) in [5, 5.41) is 5.99. The summed E-state index contributed by atoms with van der Waals surface area (Å²) < 4.78 is 81.4. The van der Waals surface area contributed by atoms with E-state index in [4.69, 9.17) is 13.7 Å². The molecule has 0 saturated heterocycles. The fourth-order valence-electron chi connectivity index (χ4n) is 5.03. The first-order chi connectivity index (χ1) is 17.8. The van der Waals surface area contributed by atoms with E-state index >= 15 is 0 Å². The molecule has 0 atom stereocenters. The number of fused-ring (bicyclic) bond motifs is 7. The molecule has 0 spiro atoms. The molecule has 0 aliphatic heterocycles. The van der Waals surface area contributed by atoms with Crippen LogP contribution in [0, 0.1) is 0 Å². The zero-order chi connectivity index (χ0) is 27.6. The smallest absolute Gasteiger partial charge is 0.497 e. The van der Waals surface area contributed by atoms with Crippen LogP contribution in [0.5, 0.6) is 17.2 Å². The molecule has 0 heterocycles. The lowest BCUT2D eigenvalue weighted by molar-refractivity contribution is -0.0499. The van der Waals surface area contributed by atoms with E-state index < -0.39 is 23.7 Å². The van der Waals surface area contributed by atoms with Gasteiger partial charge in [-0.05, 0) is 67.8 Å². The molecule has 5 nitrogen and oxygen atoms in total. The Morgan fingerprint density at radius 2 is 1.13 bits per heavy atom. The van der Waals surface area contributed by atoms with E-state index in [0.717, 1.165) is 21.5 Å². The Hall–Kier alpha value is -3.50. The van der Waals surface area contributed by atoms with E-state index in [0.29, 0.717) is 32.8 Å². The summed E-state index contributed by atoms with van der Waals surface area (Å²) in [5.74, 6) is 0.886. The summed E-state index contributed by atoms with van der Waals surface area (Å²) in [5.41, 5.74) is -5.58. The van der Waals surface area contributed by atoms with Gasteiger partial charge in [0, 0.05) is 10.8 Å². The van der Waals surface area contributed by atoms with Crippen LogP contribution >= 0.6 is 0 Å². The van der Waals surface area contributed by atoms with E-state index in [1.807, 2.05) is 56.0 Å². The van der Waals surface area contributed by atoms with Crippen molar-refractivity contribution in [3.63, 3.8) is 0 Å². The zero-order valence-corrected chi connectivity index (χ0v) is 23.2. The number of hydrogen-bond donors (Lipinski definition) is 0. The largest absolute Gasteiger partial charge is 0.534 e. The first kappa shape index (κ1) is 26.1. The predicted molar refractivity (Wildman–Crippen MR) is 148 cm³/mol. The maximum absolute atomic E-state index is 13.6. The number of hydrogen-bond acceptors (Lipinski definition) is 5. The Labute approximate surface area is 218 Å². The van der Waals surface area contributed by atoms with Crippen molar-refractivity contribution in [1.29, 1.82) is 0 Å². The van der Waals surface area contributed by atoms with E-state index in [-0.39, 0.29) is 11.1 Å². The molecule has 10 heteroatoms. The van der Waals surface area contributed by atoms with Crippen LogP contribution in [0.2, 0.25) is 19.6 Å². The Morgan fingerprint density at radius 1 is 0.684 bits per heavy atom. The molecule has 198 valence electrons. The van der Waals surface area contributed by atoms with Crippen LogP contribution in [0.3, 0.4) is 0 Å². The first-order valence-electron chi connectivity index (χ1n) is 11.7. The molecule has 0 bridgehead atoms. The average Bonchev–Trinajstić information content (AvgIpc) is 2.85. The third-order valence-corrected chi connectivity index (χ3v) is 9.62. The summed E-state index contributed by atoms with van der Waals surface area (Å²) in [7, 11) is -5.37. The third-order valence-electron chi connectivity index (χ3n) is 6.67. The minimum atomic E-state index is -5.94. The summed E-state index contributed by atoms with van der Waals surface area (Å²) in [6.07, 6.45) is 0. The Morgan fingerprint density at radius 3 is 1.58 bits per heavy atom. The van der Waals surface area contributed by atoms with E-state index in [9.17, 15) is 21.6 Å². The predicted octanol–water partition coefficient (Wildman–Crippen LogP) is 7.09. The molecule has 38 heavy (non-hydrogen) atoms. The van der Waals surface area contributed by atoms with Crippen LogP contribution in [-0.2, 0) is 10.1 Å². The van der Waals surface area contributed by atoms with Crippen LogP contribution in [0.15, 0.2) is 60.7 Å². The molecule has 0 saturated carbocycles. The Bertz CT molecular complexity index is 1860. The standard InChI is InChI=1S/C28H25F3O5SSi/c1-34-18-10-6-16-8-12-20-24(22(16)14-18)25-21(13-9-17-7-11-19(35-2)15-23(17)25)27(38(3,4)5)26(20)36-37(32,33)28(29,30)31/h6-15H,1-5H3. The van der Waals surface area contributed by atoms with Gasteiger partial charge in [-0.15, -0.1) is 0 Å². The third kappa shape index (κ3) is 4.12. The normalized spacial score (nSPS) is 12.9. The molecule has 0 aromatic heterocycles. The molecule has 0 aliphatic rings. The number of benzene rings is 5. The molecule has 0 N–H and O–H groups in total. The lowest BCUT2D eigenvalue weighted by Gasteiger charge is -2.26. The molecule has 0 aliphatic carbocycles. The van der Waals surface area contributed by atoms with Crippen LogP contribution in [0.4, 0.5) is 13.2 Å². The summed E-state index contributed by atoms with van der Waals surface area (Å²) in [6.45, 7) is 5.83. The van der Waals surface area contributed by atoms with Crippen molar-refractivity contribution in [3.8, 4) is 17.2 Å². The molecule has 5 rings (SSSR count). The Balaban J connectivity index is 2.13. The van der Waals surface area contributed by atoms with Crippen LogP contribution in [-0.4, -0.2) is 36.2 Å². The average molecular weight is 559 g/mol. The molecular weight excluding hydrogens is 533 g/mol. The highest BCUT2D eigenvalue weighted by atomic mass is 32.2. The summed E-state index contributed by atoms with van der Waals surface area (Å²) in [4.78, 5) is 0. The number of alkyl halides is 3. The van der Waals surface area contributed by atoms with Crippen molar-refractivity contribution in [2.24, 2.45) is 0 Å². The van der Waals surface area contributed by atoms with Crippen molar-refractivity contribution >= 4 is 66.5 Å². The van der Waals surface area contributed by atoms with Gasteiger partial charge in [0.15, 0.2) is 5.75 Å². The van der Waals surface area contributed by atoms with Crippen molar-refractivity contribution in [3.05, 3.63) is 60.7 Å². The minimum Gasteiger partial charge on any atom is -0.497 e. The maximum atomic E-state index is 13.6. The minimum absolute atomic E-state index is 0.277. The fraction of sp³-hybridized carbons (Fsp3) is 0.214. The second kappa shape index (κ2) is 8.77. The van der Waals surface area contributed by atoms with Crippen molar-refractivity contribution < 1.29 is 35.2 Å². The van der Waals surface area contributed by atoms with Crippen LogP contribution < -0.4 is 18.8 Å². The van der Waals surface area contributed by atoms with E-state index in [2.05, 4.69) is 0 Å². The quantitative estimate of drug-likeness (QED) is 0.0998. The zero-order valence-electron chi connectivity index (χ0n) is 21.4. The molecule has 0 fully saturated rings. The second-order valence-corrected chi connectivity index (χ2v) is 16.6. The van der Waals surface area contributed by atoms with Gasteiger partial charge < -0.3 is 13.7 Å². The van der Waals surface area contributed by atoms with Gasteiger partial charge in [-0.3, -0.25) is 0 Å². The molecule has 0 unspecified atom stereocenters. The van der Waals surface area contributed by atoms with E-state index in [1.54, 1.807) is 31.4 Å². The molecular formula is C28H25F3O5SSi. The summed E-state index contributed by atoms with van der Waals surface area (Å²) in [6, 6.07) is 18.2. The highest BCUT2D eigenvalue weighted by Crippen LogP contribution is 2.44. The molecule has 0 amide bonds. The first-order valence-corrected chi connectivity index (χ1v) is 16.7. The van der Waals surface area contributed by atoms with Gasteiger partial charge in [0.25, 0.3) is 0 Å². The number of halogens is 3. The highest BCUT2D eigenvalue weighted by Gasteiger charge is 2.49. The summed E-state index contributed by atoms with van der Waals surface area (Å²) >= 11 is 0. The van der Waals surface area contributed by atoms with Crippen molar-refractivity contribution in [2.75, 3.05) is 14.2 Å². The van der Waals surface area contributed by atoms with Gasteiger partial charge >= 0.3 is 15.6 Å². The lowest BCUT2D eigenvalue weighted by atomic mass is 9.92. The SMILES string of the molecule is COc1ccc2ccc3c(OS(=O)(=O)C(F)(F)F)c([Si](C)(C)C)c4ccc5ccc(OC)cc5c4c3c2c1. The van der Waals surface area contributed by atoms with Gasteiger partial charge in [0.2, 0.25) is 0 Å². The van der Waals surface area contributed by atoms with Crippen molar-refractivity contribution in [1.82, 2.24) is 0 Å². The molecule has 0 radical (unpaired) electrons. The van der Waals surface area contributed by atoms with Crippen LogP contribution in [0.25, 0.3) is 43.1 Å². The van der Waals surface area contributed by atoms with Crippen molar-refractivity contribution in [2.45, 2.75) is 25.1 Å². The van der Waals surface area contributed by atoms with Gasteiger partial charge in [-0.2, -0.15) is 21.6 Å². The van der Waals surface area contributed by atoms with Gasteiger partial charge in [0.05, 0.1) is 22.3 Å². The van der Waals surface area contributed by atoms with Gasteiger partial charge in [-0.1, -0.05) is 50.0 Å². The number of methoxy groups -OCH3 is 2.